The summed E-state index contributed by atoms with van der Waals surface area (Å²) in [6.07, 6.45) is 0.934. The van der Waals surface area contributed by atoms with Crippen LogP contribution in [-0.4, -0.2) is 42.9 Å². The van der Waals surface area contributed by atoms with Gasteiger partial charge in [-0.2, -0.15) is 15.2 Å². The van der Waals surface area contributed by atoms with Gasteiger partial charge in [0.2, 0.25) is 0 Å². The third kappa shape index (κ3) is 2.34. The molecule has 126 valence electrons. The van der Waals surface area contributed by atoms with Gasteiger partial charge in [0.05, 0.1) is 18.0 Å². The first-order valence-electron chi connectivity index (χ1n) is 8.01. The first-order chi connectivity index (χ1) is 11.5. The summed E-state index contributed by atoms with van der Waals surface area (Å²) in [5.74, 6) is 1.41. The highest BCUT2D eigenvalue weighted by atomic mass is 16.5. The fourth-order valence-corrected chi connectivity index (χ4v) is 3.18. The number of aryl methyl sites for hydroxylation is 3. The van der Waals surface area contributed by atoms with Gasteiger partial charge in [0.1, 0.15) is 5.69 Å². The van der Waals surface area contributed by atoms with Crippen LogP contribution in [0.2, 0.25) is 0 Å². The van der Waals surface area contributed by atoms with Crippen molar-refractivity contribution in [1.82, 2.24) is 29.7 Å². The normalized spacial score (nSPS) is 17.8. The Balaban J connectivity index is 1.71. The van der Waals surface area contributed by atoms with E-state index in [4.69, 9.17) is 9.26 Å². The molecule has 3 aromatic heterocycles. The Morgan fingerprint density at radius 2 is 2.00 bits per heavy atom. The lowest BCUT2D eigenvalue weighted by Gasteiger charge is -1.97. The first-order valence-corrected chi connectivity index (χ1v) is 8.01. The quantitative estimate of drug-likeness (QED) is 0.731. The highest BCUT2D eigenvalue weighted by Crippen LogP contribution is 2.30. The van der Waals surface area contributed by atoms with Crippen molar-refractivity contribution < 1.29 is 9.26 Å². The zero-order valence-corrected chi connectivity index (χ0v) is 14.3. The van der Waals surface area contributed by atoms with Gasteiger partial charge in [-0.3, -0.25) is 9.36 Å². The molecule has 1 aliphatic heterocycles. The van der Waals surface area contributed by atoms with Crippen LogP contribution in [0.5, 0.6) is 0 Å². The maximum Gasteiger partial charge on any atom is 0.276 e. The summed E-state index contributed by atoms with van der Waals surface area (Å²) in [4.78, 5) is 4.54. The second-order valence-electron chi connectivity index (χ2n) is 6.23. The Morgan fingerprint density at radius 3 is 2.67 bits per heavy atom. The molecule has 0 spiro atoms. The van der Waals surface area contributed by atoms with E-state index in [1.807, 2.05) is 38.7 Å². The molecule has 0 aliphatic carbocycles. The van der Waals surface area contributed by atoms with Crippen molar-refractivity contribution in [2.45, 2.75) is 26.2 Å². The van der Waals surface area contributed by atoms with Crippen molar-refractivity contribution in [3.8, 4) is 22.8 Å². The van der Waals surface area contributed by atoms with Gasteiger partial charge in [0.25, 0.3) is 5.89 Å². The average molecular weight is 328 g/mol. The van der Waals surface area contributed by atoms with Crippen LogP contribution in [0, 0.1) is 13.8 Å². The molecule has 0 saturated carbocycles. The molecule has 0 aromatic carbocycles. The number of ether oxygens (including phenoxy) is 1. The molecular formula is C16H20N6O2. The monoisotopic (exact) mass is 328 g/mol. The molecule has 1 atom stereocenters. The van der Waals surface area contributed by atoms with Crippen molar-refractivity contribution in [3.05, 3.63) is 23.3 Å². The maximum atomic E-state index is 5.46. The zero-order valence-electron chi connectivity index (χ0n) is 14.3. The summed E-state index contributed by atoms with van der Waals surface area (Å²) in [7, 11) is 3.81. The van der Waals surface area contributed by atoms with Gasteiger partial charge in [-0.25, -0.2) is 0 Å². The van der Waals surface area contributed by atoms with Crippen molar-refractivity contribution in [2.75, 3.05) is 13.2 Å². The van der Waals surface area contributed by atoms with E-state index in [0.717, 1.165) is 41.4 Å². The Kier molecular flexibility index (Phi) is 3.49. The van der Waals surface area contributed by atoms with Gasteiger partial charge >= 0.3 is 0 Å². The molecule has 0 bridgehead atoms. The van der Waals surface area contributed by atoms with Gasteiger partial charge in [-0.1, -0.05) is 5.16 Å². The zero-order chi connectivity index (χ0) is 16.8. The molecule has 8 heteroatoms. The molecule has 0 N–H and O–H groups in total. The van der Waals surface area contributed by atoms with Crippen LogP contribution < -0.4 is 0 Å². The summed E-state index contributed by atoms with van der Waals surface area (Å²) in [5, 5.41) is 13.2. The van der Waals surface area contributed by atoms with E-state index in [0.29, 0.717) is 18.3 Å². The third-order valence-corrected chi connectivity index (χ3v) is 4.60. The second-order valence-corrected chi connectivity index (χ2v) is 6.23. The molecular weight excluding hydrogens is 308 g/mol. The Morgan fingerprint density at radius 1 is 1.17 bits per heavy atom. The molecule has 0 radical (unpaired) electrons. The Bertz CT molecular complexity index is 885. The van der Waals surface area contributed by atoms with Crippen LogP contribution >= 0.6 is 0 Å². The molecule has 1 fully saturated rings. The van der Waals surface area contributed by atoms with Crippen LogP contribution in [0.15, 0.2) is 10.6 Å². The second kappa shape index (κ2) is 5.55. The lowest BCUT2D eigenvalue weighted by molar-refractivity contribution is 0.192. The molecule has 4 rings (SSSR count). The summed E-state index contributed by atoms with van der Waals surface area (Å²) in [5.41, 5.74) is 4.73. The summed E-state index contributed by atoms with van der Waals surface area (Å²) in [6.45, 7) is 5.43. The van der Waals surface area contributed by atoms with Gasteiger partial charge in [0, 0.05) is 37.9 Å². The van der Waals surface area contributed by atoms with Gasteiger partial charge in [0.15, 0.2) is 5.82 Å². The minimum absolute atomic E-state index is 0.220. The van der Waals surface area contributed by atoms with Crippen LogP contribution in [0.25, 0.3) is 22.8 Å². The molecule has 0 amide bonds. The van der Waals surface area contributed by atoms with Gasteiger partial charge < -0.3 is 9.26 Å². The fraction of sp³-hybridized carbons (Fsp3) is 0.500. The number of nitrogens with zero attached hydrogens (tertiary/aromatic N) is 6. The first kappa shape index (κ1) is 15.1. The van der Waals surface area contributed by atoms with E-state index in [1.54, 1.807) is 4.68 Å². The number of hydrogen-bond acceptors (Lipinski definition) is 6. The predicted octanol–water partition coefficient (Wildman–Crippen LogP) is 1.99. The molecule has 1 saturated heterocycles. The Hall–Kier alpha value is -2.48. The van der Waals surface area contributed by atoms with E-state index < -0.39 is 0 Å². The van der Waals surface area contributed by atoms with Crippen molar-refractivity contribution in [3.63, 3.8) is 0 Å². The van der Waals surface area contributed by atoms with E-state index in [-0.39, 0.29) is 5.92 Å². The topological polar surface area (TPSA) is 83.8 Å². The van der Waals surface area contributed by atoms with Gasteiger partial charge in [-0.05, 0) is 26.3 Å². The number of aromatic nitrogens is 6. The maximum absolute atomic E-state index is 5.46. The SMILES string of the molecule is Cc1nn(C)c(C)c1-c1cc(-c2nc(C3CCOC3)no2)n(C)n1. The molecule has 1 unspecified atom stereocenters. The molecule has 8 nitrogen and oxygen atoms in total. The lowest BCUT2D eigenvalue weighted by atomic mass is 10.1. The van der Waals surface area contributed by atoms with Crippen molar-refractivity contribution in [1.29, 1.82) is 0 Å². The predicted molar refractivity (Wildman–Crippen MR) is 86.4 cm³/mol. The smallest absolute Gasteiger partial charge is 0.276 e. The summed E-state index contributed by atoms with van der Waals surface area (Å²) < 4.78 is 14.5. The van der Waals surface area contributed by atoms with E-state index in [9.17, 15) is 0 Å². The molecule has 24 heavy (non-hydrogen) atoms. The van der Waals surface area contributed by atoms with Crippen LogP contribution in [0.3, 0.4) is 0 Å². The third-order valence-electron chi connectivity index (χ3n) is 4.60. The highest BCUT2D eigenvalue weighted by molar-refractivity contribution is 5.68. The van der Waals surface area contributed by atoms with Crippen LogP contribution in [0.1, 0.15) is 29.6 Å². The standard InChI is InChI=1S/C16H20N6O2/c1-9-14(10(2)21(3)18-9)12-7-13(22(4)19-12)16-17-15(20-24-16)11-5-6-23-8-11/h7,11H,5-6,8H2,1-4H3. The molecule has 1 aliphatic rings. The van der Waals surface area contributed by atoms with Crippen molar-refractivity contribution in [2.24, 2.45) is 14.1 Å². The number of hydrogen-bond donors (Lipinski definition) is 0. The highest BCUT2D eigenvalue weighted by Gasteiger charge is 2.25. The number of rotatable bonds is 3. The average Bonchev–Trinajstić information content (AvgIpc) is 3.28. The van der Waals surface area contributed by atoms with Gasteiger partial charge in [-0.15, -0.1) is 0 Å². The molecule has 3 aromatic rings. The minimum Gasteiger partial charge on any atom is -0.381 e. The summed E-state index contributed by atoms with van der Waals surface area (Å²) in [6, 6.07) is 1.97. The Labute approximate surface area is 139 Å². The van der Waals surface area contributed by atoms with Crippen LogP contribution in [0.4, 0.5) is 0 Å². The van der Waals surface area contributed by atoms with E-state index >= 15 is 0 Å². The van der Waals surface area contributed by atoms with Crippen molar-refractivity contribution >= 4 is 0 Å². The largest absolute Gasteiger partial charge is 0.381 e. The van der Waals surface area contributed by atoms with Crippen LogP contribution in [-0.2, 0) is 18.8 Å². The minimum atomic E-state index is 0.220. The fourth-order valence-electron chi connectivity index (χ4n) is 3.18. The van der Waals surface area contributed by atoms with E-state index in [2.05, 4.69) is 20.3 Å². The molecule has 4 heterocycles. The lowest BCUT2D eigenvalue weighted by Crippen LogP contribution is -2.00. The summed E-state index contributed by atoms with van der Waals surface area (Å²) >= 11 is 0. The van der Waals surface area contributed by atoms with E-state index in [1.165, 1.54) is 0 Å².